The largest absolute Gasteiger partial charge is 0.335 e. The number of benzene rings is 2. The molecule has 134 valence electrons. The van der Waals surface area contributed by atoms with Crippen LogP contribution in [0.25, 0.3) is 11.4 Å². The van der Waals surface area contributed by atoms with Gasteiger partial charge in [-0.1, -0.05) is 41.6 Å². The molecule has 0 fully saturated rings. The van der Waals surface area contributed by atoms with Gasteiger partial charge in [0.05, 0.1) is 5.75 Å². The van der Waals surface area contributed by atoms with E-state index in [0.29, 0.717) is 27.3 Å². The maximum absolute atomic E-state index is 13.3. The van der Waals surface area contributed by atoms with E-state index >= 15 is 0 Å². The lowest BCUT2D eigenvalue weighted by Gasteiger charge is -2.08. The molecule has 0 radical (unpaired) electrons. The summed E-state index contributed by atoms with van der Waals surface area (Å²) < 4.78 is 14.6. The zero-order chi connectivity index (χ0) is 18.7. The van der Waals surface area contributed by atoms with Gasteiger partial charge in [-0.05, 0) is 36.8 Å². The Labute approximate surface area is 158 Å². The van der Waals surface area contributed by atoms with E-state index in [4.69, 9.17) is 17.4 Å². The van der Waals surface area contributed by atoms with E-state index in [1.807, 2.05) is 13.0 Å². The summed E-state index contributed by atoms with van der Waals surface area (Å²) in [4.78, 5) is 12.2. The lowest BCUT2D eigenvalue weighted by Crippen LogP contribution is -2.17. The number of nitrogens with two attached hydrogens (primary N) is 1. The molecule has 3 N–H and O–H groups in total. The fraction of sp³-hybridized carbons (Fsp3) is 0.118. The van der Waals surface area contributed by atoms with Gasteiger partial charge in [-0.2, -0.15) is 0 Å². The van der Waals surface area contributed by atoms with E-state index in [-0.39, 0.29) is 11.7 Å². The van der Waals surface area contributed by atoms with Crippen LogP contribution in [0.5, 0.6) is 0 Å². The van der Waals surface area contributed by atoms with Crippen LogP contribution in [-0.4, -0.2) is 26.5 Å². The first-order valence-corrected chi connectivity index (χ1v) is 8.95. The fourth-order valence-electron chi connectivity index (χ4n) is 2.25. The van der Waals surface area contributed by atoms with Gasteiger partial charge in [0.25, 0.3) is 0 Å². The molecular weight excluding hydrogens is 377 g/mol. The minimum Gasteiger partial charge on any atom is -0.335 e. The Morgan fingerprint density at radius 2 is 2.12 bits per heavy atom. The summed E-state index contributed by atoms with van der Waals surface area (Å²) in [5.74, 6) is 5.75. The third kappa shape index (κ3) is 4.14. The van der Waals surface area contributed by atoms with Gasteiger partial charge in [-0.25, -0.2) is 9.07 Å². The van der Waals surface area contributed by atoms with Gasteiger partial charge >= 0.3 is 0 Å². The first-order chi connectivity index (χ1) is 12.4. The summed E-state index contributed by atoms with van der Waals surface area (Å²) in [6.45, 7) is 1.88. The van der Waals surface area contributed by atoms with Crippen LogP contribution in [0.4, 0.5) is 10.1 Å². The van der Waals surface area contributed by atoms with Crippen LogP contribution in [0, 0.1) is 12.7 Å². The van der Waals surface area contributed by atoms with Gasteiger partial charge < -0.3 is 11.2 Å². The van der Waals surface area contributed by atoms with Crippen molar-refractivity contribution in [3.05, 3.63) is 58.9 Å². The normalized spacial score (nSPS) is 10.7. The highest BCUT2D eigenvalue weighted by Gasteiger charge is 2.14. The van der Waals surface area contributed by atoms with Crippen LogP contribution in [0.15, 0.2) is 47.6 Å². The van der Waals surface area contributed by atoms with Crippen molar-refractivity contribution in [2.75, 3.05) is 16.9 Å². The second kappa shape index (κ2) is 7.76. The molecule has 0 unspecified atom stereocenters. The lowest BCUT2D eigenvalue weighted by molar-refractivity contribution is -0.113. The van der Waals surface area contributed by atoms with Crippen LogP contribution >= 0.6 is 23.4 Å². The minimum atomic E-state index is -0.393. The number of hydrogen-bond acceptors (Lipinski definition) is 5. The van der Waals surface area contributed by atoms with Crippen LogP contribution in [-0.2, 0) is 4.79 Å². The maximum Gasteiger partial charge on any atom is 0.234 e. The SMILES string of the molecule is Cc1ccc(Cl)cc1NC(=O)CSc1nnc(-c2cccc(F)c2)n1N. The number of carbonyl (C=O) groups excluding carboxylic acids is 1. The molecule has 3 aromatic rings. The molecule has 1 heterocycles. The molecule has 0 atom stereocenters. The fourth-order valence-corrected chi connectivity index (χ4v) is 3.07. The van der Waals surface area contributed by atoms with E-state index in [1.54, 1.807) is 24.3 Å². The molecule has 1 amide bonds. The number of anilines is 1. The number of halogens is 2. The molecular formula is C17H15ClFN5OS. The topological polar surface area (TPSA) is 85.8 Å². The number of aromatic nitrogens is 3. The average molecular weight is 392 g/mol. The first kappa shape index (κ1) is 18.2. The highest BCUT2D eigenvalue weighted by Crippen LogP contribution is 2.23. The maximum atomic E-state index is 13.3. The van der Waals surface area contributed by atoms with Gasteiger partial charge in [-0.3, -0.25) is 4.79 Å². The second-order valence-electron chi connectivity index (χ2n) is 5.48. The van der Waals surface area contributed by atoms with E-state index in [2.05, 4.69) is 15.5 Å². The summed E-state index contributed by atoms with van der Waals surface area (Å²) in [5.41, 5.74) is 2.06. The number of nitrogens with one attached hydrogen (secondary N) is 1. The molecule has 0 saturated carbocycles. The summed E-state index contributed by atoms with van der Waals surface area (Å²) in [7, 11) is 0. The Morgan fingerprint density at radius 3 is 2.88 bits per heavy atom. The van der Waals surface area contributed by atoms with E-state index in [1.165, 1.54) is 16.8 Å². The molecule has 26 heavy (non-hydrogen) atoms. The van der Waals surface area contributed by atoms with Crippen LogP contribution < -0.4 is 11.2 Å². The van der Waals surface area contributed by atoms with E-state index in [9.17, 15) is 9.18 Å². The van der Waals surface area contributed by atoms with Crippen molar-refractivity contribution in [2.45, 2.75) is 12.1 Å². The van der Waals surface area contributed by atoms with Gasteiger partial charge in [-0.15, -0.1) is 10.2 Å². The van der Waals surface area contributed by atoms with Crippen LogP contribution in [0.1, 0.15) is 5.56 Å². The van der Waals surface area contributed by atoms with E-state index < -0.39 is 5.82 Å². The summed E-state index contributed by atoms with van der Waals surface area (Å²) in [5, 5.41) is 11.6. The smallest absolute Gasteiger partial charge is 0.234 e. The summed E-state index contributed by atoms with van der Waals surface area (Å²) in [6, 6.07) is 11.2. The molecule has 1 aromatic heterocycles. The standard InChI is InChI=1S/C17H15ClFN5OS/c1-10-5-6-12(18)8-14(10)21-15(25)9-26-17-23-22-16(24(17)20)11-3-2-4-13(19)7-11/h2-8H,9,20H2,1H3,(H,21,25). The van der Waals surface area contributed by atoms with Gasteiger partial charge in [0.15, 0.2) is 5.82 Å². The molecule has 0 bridgehead atoms. The third-order valence-electron chi connectivity index (χ3n) is 3.55. The Balaban J connectivity index is 1.67. The van der Waals surface area contributed by atoms with Crippen molar-refractivity contribution in [3.8, 4) is 11.4 Å². The Kier molecular flexibility index (Phi) is 5.43. The minimum absolute atomic E-state index is 0.0877. The third-order valence-corrected chi connectivity index (χ3v) is 4.73. The molecule has 3 rings (SSSR count). The predicted molar refractivity (Wildman–Crippen MR) is 101 cm³/mol. The summed E-state index contributed by atoms with van der Waals surface area (Å²) in [6.07, 6.45) is 0. The Bertz CT molecular complexity index is 962. The average Bonchev–Trinajstić information content (AvgIpc) is 2.97. The molecule has 0 spiro atoms. The predicted octanol–water partition coefficient (Wildman–Crippen LogP) is 3.49. The van der Waals surface area contributed by atoms with Gasteiger partial charge in [0.2, 0.25) is 11.1 Å². The van der Waals surface area contributed by atoms with Crippen molar-refractivity contribution in [2.24, 2.45) is 0 Å². The van der Waals surface area contributed by atoms with Crippen LogP contribution in [0.3, 0.4) is 0 Å². The van der Waals surface area contributed by atoms with Gasteiger partial charge in [0.1, 0.15) is 5.82 Å². The van der Waals surface area contributed by atoms with Crippen LogP contribution in [0.2, 0.25) is 5.02 Å². The van der Waals surface area contributed by atoms with Crippen molar-refractivity contribution >= 4 is 35.0 Å². The lowest BCUT2D eigenvalue weighted by atomic mass is 10.2. The number of amides is 1. The monoisotopic (exact) mass is 391 g/mol. The molecule has 2 aromatic carbocycles. The highest BCUT2D eigenvalue weighted by atomic mass is 35.5. The van der Waals surface area contributed by atoms with Crippen molar-refractivity contribution in [1.82, 2.24) is 14.9 Å². The Hall–Kier alpha value is -2.58. The zero-order valence-electron chi connectivity index (χ0n) is 13.7. The number of nitrogens with zero attached hydrogens (tertiary/aromatic N) is 3. The number of aryl methyl sites for hydroxylation is 1. The second-order valence-corrected chi connectivity index (χ2v) is 6.86. The molecule has 6 nitrogen and oxygen atoms in total. The van der Waals surface area contributed by atoms with E-state index in [0.717, 1.165) is 17.3 Å². The molecule has 9 heteroatoms. The zero-order valence-corrected chi connectivity index (χ0v) is 15.3. The molecule has 0 aliphatic rings. The number of thioether (sulfide) groups is 1. The number of nitrogen functional groups attached to an aromatic ring is 1. The molecule has 0 aliphatic heterocycles. The first-order valence-electron chi connectivity index (χ1n) is 7.59. The Morgan fingerprint density at radius 1 is 1.31 bits per heavy atom. The number of hydrogen-bond donors (Lipinski definition) is 2. The quantitative estimate of drug-likeness (QED) is 0.513. The molecule has 0 aliphatic carbocycles. The van der Waals surface area contributed by atoms with Gasteiger partial charge in [0, 0.05) is 16.3 Å². The number of rotatable bonds is 5. The van der Waals surface area contributed by atoms with Crippen molar-refractivity contribution < 1.29 is 9.18 Å². The van der Waals surface area contributed by atoms with Crippen molar-refractivity contribution in [3.63, 3.8) is 0 Å². The molecule has 0 saturated heterocycles. The van der Waals surface area contributed by atoms with Crippen molar-refractivity contribution in [1.29, 1.82) is 0 Å². The highest BCUT2D eigenvalue weighted by molar-refractivity contribution is 7.99. The number of carbonyl (C=O) groups is 1. The summed E-state index contributed by atoms with van der Waals surface area (Å²) >= 11 is 7.07.